The summed E-state index contributed by atoms with van der Waals surface area (Å²) in [5.74, 6) is -0.238. The highest BCUT2D eigenvalue weighted by Gasteiger charge is 2.09. The van der Waals surface area contributed by atoms with Crippen molar-refractivity contribution in [3.05, 3.63) is 47.7 Å². The zero-order chi connectivity index (χ0) is 10.8. The number of hydrogen-bond acceptors (Lipinski definition) is 2. The normalized spacial score (nSPS) is 10.2. The molecule has 0 radical (unpaired) electrons. The minimum atomic E-state index is -0.916. The number of rotatable bonds is 2. The smallest absolute Gasteiger partial charge is 0.335 e. The van der Waals surface area contributed by atoms with Crippen molar-refractivity contribution >= 4 is 5.97 Å². The summed E-state index contributed by atoms with van der Waals surface area (Å²) in [5.41, 5.74) is 1.84. The van der Waals surface area contributed by atoms with Crippen molar-refractivity contribution in [3.8, 4) is 11.3 Å². The molecule has 0 aliphatic carbocycles. The largest absolute Gasteiger partial charge is 0.478 e. The second-order valence-electron chi connectivity index (χ2n) is 3.31. The summed E-state index contributed by atoms with van der Waals surface area (Å²) in [5, 5.41) is 8.96. The zero-order valence-electron chi connectivity index (χ0n) is 8.23. The molecule has 0 fully saturated rings. The number of furan rings is 1. The molecule has 3 heteroatoms. The predicted molar refractivity (Wildman–Crippen MR) is 55.8 cm³/mol. The third kappa shape index (κ3) is 1.76. The number of aryl methyl sites for hydroxylation is 1. The molecule has 0 saturated heterocycles. The average molecular weight is 202 g/mol. The van der Waals surface area contributed by atoms with Crippen LogP contribution in [0.1, 0.15) is 15.9 Å². The first-order valence-corrected chi connectivity index (χ1v) is 4.56. The molecule has 2 rings (SSSR count). The molecule has 0 spiro atoms. The SMILES string of the molecule is Cc1ccc(-c2ccco2)cc1C(=O)O. The van der Waals surface area contributed by atoms with E-state index in [-0.39, 0.29) is 0 Å². The molecule has 0 unspecified atom stereocenters. The van der Waals surface area contributed by atoms with Gasteiger partial charge in [0.05, 0.1) is 11.8 Å². The van der Waals surface area contributed by atoms with Gasteiger partial charge in [-0.25, -0.2) is 4.79 Å². The van der Waals surface area contributed by atoms with Gasteiger partial charge in [0.2, 0.25) is 0 Å². The van der Waals surface area contributed by atoms with Crippen LogP contribution in [0, 0.1) is 6.92 Å². The quantitative estimate of drug-likeness (QED) is 0.814. The number of carbonyl (C=O) groups is 1. The summed E-state index contributed by atoms with van der Waals surface area (Å²) >= 11 is 0. The number of carboxylic acid groups (broad SMARTS) is 1. The van der Waals surface area contributed by atoms with Gasteiger partial charge in [-0.1, -0.05) is 12.1 Å². The van der Waals surface area contributed by atoms with Gasteiger partial charge >= 0.3 is 5.97 Å². The monoisotopic (exact) mass is 202 g/mol. The van der Waals surface area contributed by atoms with E-state index in [9.17, 15) is 4.79 Å². The van der Waals surface area contributed by atoms with Crippen LogP contribution in [0.4, 0.5) is 0 Å². The van der Waals surface area contributed by atoms with Crippen molar-refractivity contribution in [2.24, 2.45) is 0 Å². The van der Waals surface area contributed by atoms with Gasteiger partial charge in [-0.3, -0.25) is 0 Å². The maximum atomic E-state index is 10.9. The molecule has 0 aliphatic rings. The molecule has 0 saturated carbocycles. The highest BCUT2D eigenvalue weighted by molar-refractivity contribution is 5.90. The fraction of sp³-hybridized carbons (Fsp3) is 0.0833. The molecule has 3 nitrogen and oxygen atoms in total. The summed E-state index contributed by atoms with van der Waals surface area (Å²) in [6.45, 7) is 1.77. The van der Waals surface area contributed by atoms with Gasteiger partial charge < -0.3 is 9.52 Å². The Kier molecular flexibility index (Phi) is 2.29. The second kappa shape index (κ2) is 3.61. The summed E-state index contributed by atoms with van der Waals surface area (Å²) in [4.78, 5) is 10.9. The Labute approximate surface area is 87.0 Å². The van der Waals surface area contributed by atoms with E-state index in [0.29, 0.717) is 11.3 Å². The van der Waals surface area contributed by atoms with Crippen LogP contribution in [0.2, 0.25) is 0 Å². The first kappa shape index (κ1) is 9.52. The van der Waals surface area contributed by atoms with Gasteiger partial charge in [0.1, 0.15) is 5.76 Å². The molecule has 0 aliphatic heterocycles. The van der Waals surface area contributed by atoms with E-state index in [0.717, 1.165) is 11.1 Å². The van der Waals surface area contributed by atoms with Crippen LogP contribution in [-0.4, -0.2) is 11.1 Å². The summed E-state index contributed by atoms with van der Waals surface area (Å²) in [6.07, 6.45) is 1.57. The summed E-state index contributed by atoms with van der Waals surface area (Å²) in [6, 6.07) is 8.82. The van der Waals surface area contributed by atoms with Crippen LogP contribution in [0.5, 0.6) is 0 Å². The van der Waals surface area contributed by atoms with E-state index in [1.54, 1.807) is 37.5 Å². The van der Waals surface area contributed by atoms with Gasteiger partial charge in [-0.2, -0.15) is 0 Å². The molecular weight excluding hydrogens is 192 g/mol. The van der Waals surface area contributed by atoms with E-state index in [1.165, 1.54) is 0 Å². The number of benzene rings is 1. The Morgan fingerprint density at radius 2 is 2.13 bits per heavy atom. The molecular formula is C12H10O3. The molecule has 1 aromatic heterocycles. The third-order valence-electron chi connectivity index (χ3n) is 2.27. The van der Waals surface area contributed by atoms with Crippen LogP contribution >= 0.6 is 0 Å². The maximum Gasteiger partial charge on any atom is 0.335 e. The molecule has 0 amide bonds. The molecule has 2 aromatic rings. The van der Waals surface area contributed by atoms with Gasteiger partial charge in [0.25, 0.3) is 0 Å². The Bertz CT molecular complexity index is 484. The first-order chi connectivity index (χ1) is 7.18. The molecule has 76 valence electrons. The van der Waals surface area contributed by atoms with Crippen molar-refractivity contribution < 1.29 is 14.3 Å². The van der Waals surface area contributed by atoms with Gasteiger partial charge in [0, 0.05) is 5.56 Å². The standard InChI is InChI=1S/C12H10O3/c1-8-4-5-9(7-10(8)12(13)14)11-3-2-6-15-11/h2-7H,1H3,(H,13,14). The Hall–Kier alpha value is -2.03. The number of carboxylic acids is 1. The highest BCUT2D eigenvalue weighted by Crippen LogP contribution is 2.22. The highest BCUT2D eigenvalue weighted by atomic mass is 16.4. The molecule has 0 bridgehead atoms. The maximum absolute atomic E-state index is 10.9. The topological polar surface area (TPSA) is 50.4 Å². The average Bonchev–Trinajstić information content (AvgIpc) is 2.71. The van der Waals surface area contributed by atoms with E-state index >= 15 is 0 Å². The minimum Gasteiger partial charge on any atom is -0.478 e. The van der Waals surface area contributed by atoms with Crippen LogP contribution < -0.4 is 0 Å². The van der Waals surface area contributed by atoms with Crippen molar-refractivity contribution in [1.29, 1.82) is 0 Å². The lowest BCUT2D eigenvalue weighted by Gasteiger charge is -2.02. The first-order valence-electron chi connectivity index (χ1n) is 4.56. The molecule has 15 heavy (non-hydrogen) atoms. The van der Waals surface area contributed by atoms with Crippen LogP contribution in [0.3, 0.4) is 0 Å². The number of hydrogen-bond donors (Lipinski definition) is 1. The van der Waals surface area contributed by atoms with Crippen molar-refractivity contribution in [3.63, 3.8) is 0 Å². The zero-order valence-corrected chi connectivity index (χ0v) is 8.23. The lowest BCUT2D eigenvalue weighted by Crippen LogP contribution is -1.99. The Morgan fingerprint density at radius 3 is 2.73 bits per heavy atom. The molecule has 1 heterocycles. The fourth-order valence-electron chi connectivity index (χ4n) is 1.45. The number of aromatic carboxylic acids is 1. The Balaban J connectivity index is 2.52. The van der Waals surface area contributed by atoms with E-state index < -0.39 is 5.97 Å². The lowest BCUT2D eigenvalue weighted by atomic mass is 10.0. The van der Waals surface area contributed by atoms with Crippen molar-refractivity contribution in [2.75, 3.05) is 0 Å². The minimum absolute atomic E-state index is 0.309. The van der Waals surface area contributed by atoms with E-state index in [2.05, 4.69) is 0 Å². The van der Waals surface area contributed by atoms with E-state index in [4.69, 9.17) is 9.52 Å². The second-order valence-corrected chi connectivity index (χ2v) is 3.31. The predicted octanol–water partition coefficient (Wildman–Crippen LogP) is 2.95. The fourth-order valence-corrected chi connectivity index (χ4v) is 1.45. The van der Waals surface area contributed by atoms with Gasteiger partial charge in [0.15, 0.2) is 0 Å². The van der Waals surface area contributed by atoms with Crippen molar-refractivity contribution in [1.82, 2.24) is 0 Å². The van der Waals surface area contributed by atoms with Gasteiger partial charge in [-0.15, -0.1) is 0 Å². The summed E-state index contributed by atoms with van der Waals surface area (Å²) < 4.78 is 5.20. The van der Waals surface area contributed by atoms with E-state index in [1.807, 2.05) is 6.07 Å². The Morgan fingerprint density at radius 1 is 1.33 bits per heavy atom. The van der Waals surface area contributed by atoms with Gasteiger partial charge in [-0.05, 0) is 30.7 Å². The lowest BCUT2D eigenvalue weighted by molar-refractivity contribution is 0.0696. The van der Waals surface area contributed by atoms with Crippen molar-refractivity contribution in [2.45, 2.75) is 6.92 Å². The van der Waals surface area contributed by atoms with Crippen LogP contribution in [0.15, 0.2) is 41.0 Å². The summed E-state index contributed by atoms with van der Waals surface area (Å²) in [7, 11) is 0. The molecule has 1 aromatic carbocycles. The third-order valence-corrected chi connectivity index (χ3v) is 2.27. The van der Waals surface area contributed by atoms with Crippen LogP contribution in [-0.2, 0) is 0 Å². The molecule has 1 N–H and O–H groups in total. The van der Waals surface area contributed by atoms with Crippen LogP contribution in [0.25, 0.3) is 11.3 Å². The molecule has 0 atom stereocenters.